The molecule has 25 heavy (non-hydrogen) atoms. The second-order valence-corrected chi connectivity index (χ2v) is 7.61. The molecule has 4 aliphatic rings. The average Bonchev–Trinajstić information content (AvgIpc) is 2.95. The van der Waals surface area contributed by atoms with Gasteiger partial charge in [-0.05, 0) is 37.3 Å². The fourth-order valence-corrected chi connectivity index (χ4v) is 5.81. The van der Waals surface area contributed by atoms with Crippen molar-refractivity contribution in [2.75, 3.05) is 20.2 Å². The zero-order valence-electron chi connectivity index (χ0n) is 14.5. The summed E-state index contributed by atoms with van der Waals surface area (Å²) < 4.78 is 5.28. The minimum Gasteiger partial charge on any atom is -0.508 e. The molecule has 0 aromatic heterocycles. The second-order valence-electron chi connectivity index (χ2n) is 7.61. The van der Waals surface area contributed by atoms with Crippen molar-refractivity contribution in [3.05, 3.63) is 35.4 Å². The van der Waals surface area contributed by atoms with Gasteiger partial charge in [0.15, 0.2) is 0 Å². The van der Waals surface area contributed by atoms with Crippen molar-refractivity contribution in [1.29, 1.82) is 0 Å². The van der Waals surface area contributed by atoms with Gasteiger partial charge in [-0.1, -0.05) is 17.7 Å². The molecule has 0 radical (unpaired) electrons. The molecule has 3 bridgehead atoms. The van der Waals surface area contributed by atoms with Crippen LogP contribution < -0.4 is 0 Å². The number of nitrogens with zero attached hydrogens (tertiary/aromatic N) is 2. The third-order valence-electron chi connectivity index (χ3n) is 6.81. The lowest BCUT2D eigenvalue weighted by Gasteiger charge is -2.59. The standard InChI is InChI=1S/C20H22N2O3/c1-3-11-10-22-7-6-20-14-5-4-12(23)8-15(14)21-18(20)16(22)9-13(11)17(20)19(24)25-2/h3-5,8,13,16-17,23H,6-7,9-10H2,1-2H3/b11-3+/t13-,16-,17-,20-/m0/s1. The number of phenols is 1. The maximum absolute atomic E-state index is 13.0. The number of hydrogen-bond acceptors (Lipinski definition) is 5. The molecule has 0 amide bonds. The molecule has 2 saturated heterocycles. The quantitative estimate of drug-likeness (QED) is 0.631. The molecule has 1 aromatic carbocycles. The Morgan fingerprint density at radius 3 is 3.08 bits per heavy atom. The monoisotopic (exact) mass is 338 g/mol. The van der Waals surface area contributed by atoms with Crippen molar-refractivity contribution in [3.63, 3.8) is 0 Å². The highest BCUT2D eigenvalue weighted by Gasteiger charge is 2.65. The lowest BCUT2D eigenvalue weighted by Crippen LogP contribution is -2.68. The third-order valence-corrected chi connectivity index (χ3v) is 6.81. The topological polar surface area (TPSA) is 62.1 Å². The van der Waals surface area contributed by atoms with Crippen LogP contribution in [0.3, 0.4) is 0 Å². The van der Waals surface area contributed by atoms with Crippen molar-refractivity contribution in [1.82, 2.24) is 4.90 Å². The molecule has 3 fully saturated rings. The summed E-state index contributed by atoms with van der Waals surface area (Å²) in [7, 11) is 1.49. The molecular weight excluding hydrogens is 316 g/mol. The zero-order chi connectivity index (χ0) is 17.3. The molecule has 3 heterocycles. The number of esters is 1. The normalized spacial score (nSPS) is 36.8. The van der Waals surface area contributed by atoms with Crippen LogP contribution in [0.15, 0.2) is 34.8 Å². The number of phenolic OH excluding ortho intramolecular Hbond substituents is 1. The summed E-state index contributed by atoms with van der Waals surface area (Å²) in [6.45, 7) is 3.94. The van der Waals surface area contributed by atoms with E-state index < -0.39 is 0 Å². The molecule has 0 spiro atoms. The van der Waals surface area contributed by atoms with Crippen molar-refractivity contribution < 1.29 is 14.6 Å². The van der Waals surface area contributed by atoms with E-state index in [9.17, 15) is 9.90 Å². The summed E-state index contributed by atoms with van der Waals surface area (Å²) in [4.78, 5) is 20.4. The number of methoxy groups -OCH3 is 1. The van der Waals surface area contributed by atoms with E-state index >= 15 is 0 Å². The average molecular weight is 338 g/mol. The Hall–Kier alpha value is -2.14. The van der Waals surface area contributed by atoms with Crippen molar-refractivity contribution in [2.45, 2.75) is 31.2 Å². The number of hydrogen-bond donors (Lipinski definition) is 1. The zero-order valence-corrected chi connectivity index (χ0v) is 14.5. The molecular formula is C20H22N2O3. The Morgan fingerprint density at radius 1 is 1.48 bits per heavy atom. The number of ether oxygens (including phenoxy) is 1. The van der Waals surface area contributed by atoms with Crippen LogP contribution in [0.2, 0.25) is 0 Å². The van der Waals surface area contributed by atoms with Crippen LogP contribution in [0.5, 0.6) is 5.75 Å². The predicted molar refractivity (Wildman–Crippen MR) is 94.2 cm³/mol. The van der Waals surface area contributed by atoms with E-state index in [4.69, 9.17) is 9.73 Å². The molecule has 4 atom stereocenters. The highest BCUT2D eigenvalue weighted by atomic mass is 16.5. The van der Waals surface area contributed by atoms with Crippen LogP contribution in [0.4, 0.5) is 5.69 Å². The fraction of sp³-hybridized carbons (Fsp3) is 0.500. The Bertz CT molecular complexity index is 843. The van der Waals surface area contributed by atoms with Gasteiger partial charge >= 0.3 is 5.97 Å². The van der Waals surface area contributed by atoms with Crippen LogP contribution in [0.1, 0.15) is 25.3 Å². The van der Waals surface area contributed by atoms with Gasteiger partial charge in [0.05, 0.1) is 24.1 Å². The predicted octanol–water partition coefficient (Wildman–Crippen LogP) is 2.56. The van der Waals surface area contributed by atoms with E-state index in [2.05, 4.69) is 17.9 Å². The van der Waals surface area contributed by atoms with Gasteiger partial charge in [-0.2, -0.15) is 0 Å². The number of piperidine rings is 2. The Labute approximate surface area is 147 Å². The number of benzene rings is 1. The molecule has 0 unspecified atom stereocenters. The Balaban J connectivity index is 1.78. The largest absolute Gasteiger partial charge is 0.508 e. The molecule has 1 saturated carbocycles. The van der Waals surface area contributed by atoms with Crippen LogP contribution in [-0.2, 0) is 14.9 Å². The number of fused-ring (bicyclic) bond motifs is 2. The molecule has 1 aliphatic carbocycles. The third kappa shape index (κ3) is 1.72. The first-order valence-corrected chi connectivity index (χ1v) is 8.99. The highest BCUT2D eigenvalue weighted by Crippen LogP contribution is 2.60. The van der Waals surface area contributed by atoms with Crippen molar-refractivity contribution in [3.8, 4) is 5.75 Å². The number of aliphatic imine (C=N–C) groups is 1. The Kier molecular flexibility index (Phi) is 2.99. The first-order valence-electron chi connectivity index (χ1n) is 8.99. The van der Waals surface area contributed by atoms with E-state index in [1.165, 1.54) is 12.7 Å². The van der Waals surface area contributed by atoms with E-state index in [0.29, 0.717) is 0 Å². The number of rotatable bonds is 1. The number of allylic oxidation sites excluding steroid dienone is 1. The molecule has 3 aliphatic heterocycles. The van der Waals surface area contributed by atoms with Crippen LogP contribution in [-0.4, -0.2) is 47.9 Å². The summed E-state index contributed by atoms with van der Waals surface area (Å²) >= 11 is 0. The Morgan fingerprint density at radius 2 is 2.32 bits per heavy atom. The number of aromatic hydroxyl groups is 1. The molecule has 5 nitrogen and oxygen atoms in total. The van der Waals surface area contributed by atoms with Gasteiger partial charge in [0, 0.05) is 30.9 Å². The van der Waals surface area contributed by atoms with E-state index in [-0.39, 0.29) is 35.0 Å². The van der Waals surface area contributed by atoms with Crippen LogP contribution >= 0.6 is 0 Å². The van der Waals surface area contributed by atoms with Gasteiger partial charge < -0.3 is 9.84 Å². The SMILES string of the molecule is C/C=C1\CN2CC[C@]34C(=Nc5cc(O)ccc53)[C@@H]2C[C@@H]1[C@H]4C(=O)OC. The number of carbonyl (C=O) groups excluding carboxylic acids is 1. The maximum Gasteiger partial charge on any atom is 0.310 e. The first-order chi connectivity index (χ1) is 12.1. The minimum absolute atomic E-state index is 0.133. The molecule has 5 heteroatoms. The van der Waals surface area contributed by atoms with E-state index in [1.807, 2.05) is 6.07 Å². The summed E-state index contributed by atoms with van der Waals surface area (Å²) in [6, 6.07) is 5.70. The summed E-state index contributed by atoms with van der Waals surface area (Å²) in [5.41, 5.74) is 3.98. The smallest absolute Gasteiger partial charge is 0.310 e. The van der Waals surface area contributed by atoms with Crippen LogP contribution in [0, 0.1) is 11.8 Å². The summed E-state index contributed by atoms with van der Waals surface area (Å²) in [5, 5.41) is 9.91. The first kappa shape index (κ1) is 15.1. The van der Waals surface area contributed by atoms with E-state index in [1.54, 1.807) is 12.1 Å². The lowest BCUT2D eigenvalue weighted by molar-refractivity contribution is -0.151. The van der Waals surface area contributed by atoms with Gasteiger partial charge in [0.2, 0.25) is 0 Å². The van der Waals surface area contributed by atoms with Crippen molar-refractivity contribution in [2.24, 2.45) is 16.8 Å². The van der Waals surface area contributed by atoms with Gasteiger partial charge in [-0.3, -0.25) is 14.7 Å². The minimum atomic E-state index is -0.380. The summed E-state index contributed by atoms with van der Waals surface area (Å²) in [6.07, 6.45) is 3.99. The number of carbonyl (C=O) groups is 1. The van der Waals surface area contributed by atoms with Gasteiger partial charge in [-0.25, -0.2) is 0 Å². The summed E-state index contributed by atoms with van der Waals surface area (Å²) in [5.74, 6) is 0.0659. The fourth-order valence-electron chi connectivity index (χ4n) is 5.81. The maximum atomic E-state index is 13.0. The lowest BCUT2D eigenvalue weighted by atomic mass is 9.51. The van der Waals surface area contributed by atoms with Crippen LogP contribution in [0.25, 0.3) is 0 Å². The molecule has 5 rings (SSSR count). The van der Waals surface area contributed by atoms with Gasteiger partial charge in [0.25, 0.3) is 0 Å². The van der Waals surface area contributed by atoms with E-state index in [0.717, 1.165) is 42.9 Å². The molecule has 1 aromatic rings. The van der Waals surface area contributed by atoms with Crippen molar-refractivity contribution >= 4 is 17.4 Å². The highest BCUT2D eigenvalue weighted by molar-refractivity contribution is 6.09. The van der Waals surface area contributed by atoms with Gasteiger partial charge in [-0.15, -0.1) is 0 Å². The van der Waals surface area contributed by atoms with Gasteiger partial charge in [0.1, 0.15) is 5.75 Å². The second kappa shape index (κ2) is 4.94. The molecule has 1 N–H and O–H groups in total. The molecule has 130 valence electrons.